The van der Waals surface area contributed by atoms with Crippen molar-refractivity contribution in [1.82, 2.24) is 4.98 Å². The molecule has 1 unspecified atom stereocenters. The molecule has 2 aromatic rings. The van der Waals surface area contributed by atoms with E-state index in [2.05, 4.69) is 4.98 Å². The second-order valence-electron chi connectivity index (χ2n) is 4.88. The summed E-state index contributed by atoms with van der Waals surface area (Å²) in [6.07, 6.45) is -4.97. The summed E-state index contributed by atoms with van der Waals surface area (Å²) in [5.74, 6) is -0.230. The highest BCUT2D eigenvalue weighted by Crippen LogP contribution is 2.28. The van der Waals surface area contributed by atoms with Crippen LogP contribution in [-0.2, 0) is 4.74 Å². The molecule has 3 rings (SSSR count). The van der Waals surface area contributed by atoms with E-state index in [0.717, 1.165) is 11.3 Å². The molecule has 0 radical (unpaired) electrons. The molecule has 1 fully saturated rings. The van der Waals surface area contributed by atoms with Crippen molar-refractivity contribution in [2.75, 3.05) is 6.61 Å². The molecule has 9 heteroatoms. The van der Waals surface area contributed by atoms with Crippen LogP contribution in [0.3, 0.4) is 0 Å². The molecule has 1 amide bonds. The minimum Gasteiger partial charge on any atom is -0.462 e. The lowest BCUT2D eigenvalue weighted by Gasteiger charge is -2.34. The van der Waals surface area contributed by atoms with E-state index in [9.17, 15) is 20.1 Å². The van der Waals surface area contributed by atoms with Crippen molar-refractivity contribution in [3.05, 3.63) is 23.2 Å². The number of amides is 1. The Kier molecular flexibility index (Phi) is 3.98. The molecule has 1 aromatic heterocycles. The monoisotopic (exact) mass is 326 g/mol. The lowest BCUT2D eigenvalue weighted by Crippen LogP contribution is -2.54. The number of carbonyl (C=O) groups excluding carboxylic acids is 1. The molecule has 4 atom stereocenters. The molecular formula is C13H14N2O6S. The van der Waals surface area contributed by atoms with Crippen LogP contribution >= 0.6 is 11.3 Å². The maximum atomic E-state index is 11.1. The Balaban J connectivity index is 1.80. The normalized spacial score (nSPS) is 28.7. The minimum atomic E-state index is -1.37. The Morgan fingerprint density at radius 2 is 2.14 bits per heavy atom. The largest absolute Gasteiger partial charge is 0.462 e. The number of carbonyl (C=O) groups is 1. The molecular weight excluding hydrogens is 312 g/mol. The first-order chi connectivity index (χ1) is 10.5. The topological polar surface area (TPSA) is 135 Å². The number of hydrogen-bond acceptors (Lipinski definition) is 8. The molecule has 1 aromatic carbocycles. The molecule has 0 spiro atoms. The molecule has 0 bridgehead atoms. The first kappa shape index (κ1) is 15.1. The Morgan fingerprint density at radius 1 is 1.36 bits per heavy atom. The van der Waals surface area contributed by atoms with Crippen LogP contribution in [0, 0.1) is 0 Å². The third kappa shape index (κ3) is 2.76. The van der Waals surface area contributed by atoms with Crippen molar-refractivity contribution in [1.29, 1.82) is 0 Å². The summed E-state index contributed by atoms with van der Waals surface area (Å²) < 4.78 is 11.3. The Hall–Kier alpha value is -1.78. The number of thiazole rings is 1. The fourth-order valence-electron chi connectivity index (χ4n) is 2.10. The standard InChI is InChI=1S/C13H14N2O6S/c14-11(19)12-15-6-2-1-5(3-8(6)22-12)21-13-10(18)9(17)7(16)4-20-13/h1-3,7,9-10,13,16-18H,4H2,(H2,14,19)/t7-,9+,10?,13+/m1/s1. The summed E-state index contributed by atoms with van der Waals surface area (Å²) in [5.41, 5.74) is 5.79. The molecule has 5 N–H and O–H groups in total. The Bertz CT molecular complexity index is 705. The van der Waals surface area contributed by atoms with Gasteiger partial charge in [-0.05, 0) is 18.2 Å². The molecule has 22 heavy (non-hydrogen) atoms. The lowest BCUT2D eigenvalue weighted by atomic mass is 10.1. The molecule has 1 aliphatic rings. The number of aliphatic hydroxyl groups excluding tert-OH is 3. The van der Waals surface area contributed by atoms with E-state index in [1.165, 1.54) is 0 Å². The predicted octanol–water partition coefficient (Wildman–Crippen LogP) is -0.787. The number of aliphatic hydroxyl groups is 3. The van der Waals surface area contributed by atoms with Crippen molar-refractivity contribution >= 4 is 27.5 Å². The van der Waals surface area contributed by atoms with Gasteiger partial charge in [0.05, 0.1) is 16.8 Å². The molecule has 2 heterocycles. The summed E-state index contributed by atoms with van der Waals surface area (Å²) in [7, 11) is 0. The van der Waals surface area contributed by atoms with Gasteiger partial charge in [-0.3, -0.25) is 4.79 Å². The van der Waals surface area contributed by atoms with E-state index in [1.54, 1.807) is 18.2 Å². The number of primary amides is 1. The summed E-state index contributed by atoms with van der Waals surface area (Å²) in [5, 5.41) is 29.0. The van der Waals surface area contributed by atoms with Gasteiger partial charge in [0.15, 0.2) is 5.01 Å². The van der Waals surface area contributed by atoms with Crippen molar-refractivity contribution in [2.45, 2.75) is 24.6 Å². The van der Waals surface area contributed by atoms with E-state index < -0.39 is 30.5 Å². The maximum Gasteiger partial charge on any atom is 0.277 e. The fraction of sp³-hybridized carbons (Fsp3) is 0.385. The summed E-state index contributed by atoms with van der Waals surface area (Å²) in [6.45, 7) is -0.141. The van der Waals surface area contributed by atoms with E-state index >= 15 is 0 Å². The van der Waals surface area contributed by atoms with Gasteiger partial charge in [0.2, 0.25) is 6.29 Å². The predicted molar refractivity (Wildman–Crippen MR) is 76.5 cm³/mol. The lowest BCUT2D eigenvalue weighted by molar-refractivity contribution is -0.242. The van der Waals surface area contributed by atoms with Crippen LogP contribution in [0.15, 0.2) is 18.2 Å². The SMILES string of the molecule is NC(=O)c1nc2ccc(O[C@@H]3OC[C@@H](O)[C@H](O)C3O)cc2s1. The first-order valence-corrected chi connectivity index (χ1v) is 7.30. The van der Waals surface area contributed by atoms with Gasteiger partial charge in [0.25, 0.3) is 5.91 Å². The van der Waals surface area contributed by atoms with Gasteiger partial charge in [-0.25, -0.2) is 4.98 Å². The molecule has 1 aliphatic heterocycles. The van der Waals surface area contributed by atoms with Crippen LogP contribution in [0.4, 0.5) is 0 Å². The number of fused-ring (bicyclic) bond motifs is 1. The number of nitrogens with two attached hydrogens (primary N) is 1. The number of nitrogens with zero attached hydrogens (tertiary/aromatic N) is 1. The van der Waals surface area contributed by atoms with Gasteiger partial charge in [-0.1, -0.05) is 0 Å². The number of benzene rings is 1. The van der Waals surface area contributed by atoms with E-state index in [4.69, 9.17) is 15.2 Å². The number of ether oxygens (including phenoxy) is 2. The second-order valence-corrected chi connectivity index (χ2v) is 5.91. The van der Waals surface area contributed by atoms with Crippen molar-refractivity contribution < 1.29 is 29.6 Å². The minimum absolute atomic E-state index is 0.141. The van der Waals surface area contributed by atoms with Crippen molar-refractivity contribution in [3.63, 3.8) is 0 Å². The maximum absolute atomic E-state index is 11.1. The highest BCUT2D eigenvalue weighted by Gasteiger charge is 2.39. The van der Waals surface area contributed by atoms with E-state index in [1.807, 2.05) is 0 Å². The summed E-state index contributed by atoms with van der Waals surface area (Å²) in [6, 6.07) is 4.88. The third-order valence-electron chi connectivity index (χ3n) is 3.28. The van der Waals surface area contributed by atoms with Gasteiger partial charge >= 0.3 is 0 Å². The van der Waals surface area contributed by atoms with Crippen LogP contribution in [0.5, 0.6) is 5.75 Å². The van der Waals surface area contributed by atoms with Crippen LogP contribution in [-0.4, -0.2) is 57.4 Å². The van der Waals surface area contributed by atoms with Gasteiger partial charge < -0.3 is 30.5 Å². The Morgan fingerprint density at radius 3 is 2.86 bits per heavy atom. The van der Waals surface area contributed by atoms with Crippen LogP contribution in [0.1, 0.15) is 9.80 Å². The smallest absolute Gasteiger partial charge is 0.277 e. The molecule has 8 nitrogen and oxygen atoms in total. The number of hydrogen-bond donors (Lipinski definition) is 4. The van der Waals surface area contributed by atoms with Gasteiger partial charge in [0, 0.05) is 0 Å². The second kappa shape index (κ2) is 5.78. The highest BCUT2D eigenvalue weighted by molar-refractivity contribution is 7.20. The number of aromatic nitrogens is 1. The van der Waals surface area contributed by atoms with Crippen LogP contribution < -0.4 is 10.5 Å². The zero-order chi connectivity index (χ0) is 15.9. The summed E-state index contributed by atoms with van der Waals surface area (Å²) >= 11 is 1.12. The van der Waals surface area contributed by atoms with E-state index in [0.29, 0.717) is 16.0 Å². The summed E-state index contributed by atoms with van der Waals surface area (Å²) in [4.78, 5) is 15.2. The fourth-order valence-corrected chi connectivity index (χ4v) is 2.95. The molecule has 0 saturated carbocycles. The third-order valence-corrected chi connectivity index (χ3v) is 4.31. The Labute approximate surface area is 128 Å². The molecule has 1 saturated heterocycles. The molecule has 118 valence electrons. The average Bonchev–Trinajstić information content (AvgIpc) is 2.91. The quantitative estimate of drug-likeness (QED) is 0.580. The van der Waals surface area contributed by atoms with Crippen LogP contribution in [0.25, 0.3) is 10.2 Å². The number of rotatable bonds is 3. The van der Waals surface area contributed by atoms with E-state index in [-0.39, 0.29) is 11.6 Å². The van der Waals surface area contributed by atoms with Crippen LogP contribution in [0.2, 0.25) is 0 Å². The van der Waals surface area contributed by atoms with Crippen molar-refractivity contribution in [2.24, 2.45) is 5.73 Å². The highest BCUT2D eigenvalue weighted by atomic mass is 32.1. The average molecular weight is 326 g/mol. The molecule has 0 aliphatic carbocycles. The van der Waals surface area contributed by atoms with Crippen molar-refractivity contribution in [3.8, 4) is 5.75 Å². The van der Waals surface area contributed by atoms with Gasteiger partial charge in [-0.15, -0.1) is 11.3 Å². The van der Waals surface area contributed by atoms with Gasteiger partial charge in [0.1, 0.15) is 24.1 Å². The zero-order valence-electron chi connectivity index (χ0n) is 11.2. The van der Waals surface area contributed by atoms with Gasteiger partial charge in [-0.2, -0.15) is 0 Å². The zero-order valence-corrected chi connectivity index (χ0v) is 12.1. The first-order valence-electron chi connectivity index (χ1n) is 6.48.